The van der Waals surface area contributed by atoms with E-state index in [1.54, 1.807) is 7.11 Å². The fourth-order valence-electron chi connectivity index (χ4n) is 4.69. The van der Waals surface area contributed by atoms with Crippen molar-refractivity contribution in [3.63, 3.8) is 0 Å². The molecule has 3 aliphatic heterocycles. The molecule has 1 N–H and O–H groups in total. The monoisotopic (exact) mass is 301 g/mol. The SMILES string of the molecule is CO[C@H]1C=C[C@@]23c4cc5c(cc4CN(C[C@H]2O)[C@H]3C1)OCO5. The average molecular weight is 301 g/mol. The maximum absolute atomic E-state index is 10.8. The van der Waals surface area contributed by atoms with Gasteiger partial charge >= 0.3 is 0 Å². The van der Waals surface area contributed by atoms with Crippen LogP contribution in [-0.2, 0) is 16.7 Å². The number of benzene rings is 1. The number of hydrogen-bond acceptors (Lipinski definition) is 5. The third kappa shape index (κ3) is 1.44. The second-order valence-electron chi connectivity index (χ2n) is 6.63. The van der Waals surface area contributed by atoms with Crippen LogP contribution in [0, 0.1) is 0 Å². The minimum atomic E-state index is -0.395. The summed E-state index contributed by atoms with van der Waals surface area (Å²) in [4.78, 5) is 2.38. The van der Waals surface area contributed by atoms with Crippen LogP contribution < -0.4 is 9.47 Å². The lowest BCUT2D eigenvalue weighted by Crippen LogP contribution is -2.52. The topological polar surface area (TPSA) is 51.2 Å². The molecular weight excluding hydrogens is 282 g/mol. The van der Waals surface area contributed by atoms with Gasteiger partial charge in [0.2, 0.25) is 6.79 Å². The Balaban J connectivity index is 1.72. The maximum atomic E-state index is 10.8. The third-order valence-corrected chi connectivity index (χ3v) is 5.73. The summed E-state index contributed by atoms with van der Waals surface area (Å²) in [5.41, 5.74) is 2.08. The molecule has 116 valence electrons. The van der Waals surface area contributed by atoms with Crippen molar-refractivity contribution in [1.29, 1.82) is 0 Å². The molecule has 1 aromatic rings. The van der Waals surface area contributed by atoms with Crippen LogP contribution in [-0.4, -0.2) is 48.7 Å². The van der Waals surface area contributed by atoms with Gasteiger partial charge in [-0.3, -0.25) is 4.90 Å². The molecule has 1 unspecified atom stereocenters. The Morgan fingerprint density at radius 1 is 1.32 bits per heavy atom. The van der Waals surface area contributed by atoms with E-state index in [0.717, 1.165) is 24.5 Å². The Labute approximate surface area is 129 Å². The molecule has 5 rings (SSSR count). The minimum Gasteiger partial charge on any atom is -0.454 e. The summed E-state index contributed by atoms with van der Waals surface area (Å²) in [5, 5.41) is 10.8. The highest BCUT2D eigenvalue weighted by molar-refractivity contribution is 5.56. The van der Waals surface area contributed by atoms with Crippen molar-refractivity contribution in [1.82, 2.24) is 4.90 Å². The molecule has 5 atom stereocenters. The number of aliphatic hydroxyl groups excluding tert-OH is 1. The summed E-state index contributed by atoms with van der Waals surface area (Å²) >= 11 is 0. The zero-order chi connectivity index (χ0) is 14.9. The average Bonchev–Trinajstić information content (AvgIpc) is 3.06. The predicted molar refractivity (Wildman–Crippen MR) is 79.0 cm³/mol. The second-order valence-corrected chi connectivity index (χ2v) is 6.63. The van der Waals surface area contributed by atoms with Gasteiger partial charge in [-0.05, 0) is 29.7 Å². The number of rotatable bonds is 1. The van der Waals surface area contributed by atoms with E-state index >= 15 is 0 Å². The Bertz CT molecular complexity index is 673. The largest absolute Gasteiger partial charge is 0.454 e. The van der Waals surface area contributed by atoms with E-state index in [1.165, 1.54) is 11.1 Å². The van der Waals surface area contributed by atoms with Crippen molar-refractivity contribution in [3.8, 4) is 11.5 Å². The van der Waals surface area contributed by atoms with Gasteiger partial charge in [0, 0.05) is 26.2 Å². The lowest BCUT2D eigenvalue weighted by atomic mass is 9.65. The highest BCUT2D eigenvalue weighted by Gasteiger charge is 2.58. The molecule has 5 heteroatoms. The summed E-state index contributed by atoms with van der Waals surface area (Å²) in [5.74, 6) is 1.61. The third-order valence-electron chi connectivity index (χ3n) is 5.73. The minimum absolute atomic E-state index is 0.126. The lowest BCUT2D eigenvalue weighted by molar-refractivity contribution is 0.0660. The molecule has 22 heavy (non-hydrogen) atoms. The van der Waals surface area contributed by atoms with E-state index in [2.05, 4.69) is 29.2 Å². The van der Waals surface area contributed by atoms with Crippen molar-refractivity contribution < 1.29 is 19.3 Å². The molecule has 1 aliphatic carbocycles. The maximum Gasteiger partial charge on any atom is 0.231 e. The van der Waals surface area contributed by atoms with Crippen molar-refractivity contribution >= 4 is 0 Å². The Morgan fingerprint density at radius 3 is 2.95 bits per heavy atom. The smallest absolute Gasteiger partial charge is 0.231 e. The van der Waals surface area contributed by atoms with Crippen LogP contribution in [0.1, 0.15) is 17.5 Å². The molecule has 0 amide bonds. The van der Waals surface area contributed by atoms with Crippen LogP contribution in [0.3, 0.4) is 0 Å². The lowest BCUT2D eigenvalue weighted by Gasteiger charge is -2.46. The molecule has 0 spiro atoms. The van der Waals surface area contributed by atoms with Gasteiger partial charge in [0.1, 0.15) is 0 Å². The van der Waals surface area contributed by atoms with Crippen LogP contribution in [0.25, 0.3) is 0 Å². The van der Waals surface area contributed by atoms with Crippen molar-refractivity contribution in [3.05, 3.63) is 35.4 Å². The Morgan fingerprint density at radius 2 is 2.14 bits per heavy atom. The summed E-state index contributed by atoms with van der Waals surface area (Å²) in [7, 11) is 1.75. The van der Waals surface area contributed by atoms with Crippen molar-refractivity contribution in [2.75, 3.05) is 20.4 Å². The molecular formula is C17H19NO4. The van der Waals surface area contributed by atoms with E-state index in [4.69, 9.17) is 14.2 Å². The van der Waals surface area contributed by atoms with Crippen LogP contribution in [0.5, 0.6) is 11.5 Å². The number of ether oxygens (including phenoxy) is 3. The van der Waals surface area contributed by atoms with Gasteiger partial charge in [-0.2, -0.15) is 0 Å². The number of fused-ring (bicyclic) bond motifs is 2. The zero-order valence-corrected chi connectivity index (χ0v) is 12.5. The first-order valence-corrected chi connectivity index (χ1v) is 7.79. The number of aliphatic hydroxyl groups is 1. The van der Waals surface area contributed by atoms with E-state index in [1.807, 2.05) is 0 Å². The van der Waals surface area contributed by atoms with Crippen LogP contribution in [0.2, 0.25) is 0 Å². The number of methoxy groups -OCH3 is 1. The molecule has 5 nitrogen and oxygen atoms in total. The summed E-state index contributed by atoms with van der Waals surface area (Å²) < 4.78 is 16.6. The van der Waals surface area contributed by atoms with E-state index < -0.39 is 6.10 Å². The standard InChI is InChI=1S/C17H19NO4/c1-20-11-2-3-17-12-6-14-13(21-9-22-14)4-10(12)7-18(8-16(17)19)15(17)5-11/h2-4,6,11,15-16,19H,5,7-9H2,1H3/t11-,15-,16+,17-/m0/s1. The summed E-state index contributed by atoms with van der Waals surface area (Å²) in [6, 6.07) is 4.44. The predicted octanol–water partition coefficient (Wildman–Crippen LogP) is 1.19. The van der Waals surface area contributed by atoms with Gasteiger partial charge in [-0.1, -0.05) is 12.2 Å². The van der Waals surface area contributed by atoms with Gasteiger partial charge in [0.15, 0.2) is 11.5 Å². The van der Waals surface area contributed by atoms with Gasteiger partial charge in [-0.25, -0.2) is 0 Å². The molecule has 1 aromatic carbocycles. The Kier molecular flexibility index (Phi) is 2.50. The molecule has 1 saturated heterocycles. The van der Waals surface area contributed by atoms with Crippen molar-refractivity contribution in [2.45, 2.75) is 36.6 Å². The van der Waals surface area contributed by atoms with Gasteiger partial charge < -0.3 is 19.3 Å². The van der Waals surface area contributed by atoms with Crippen LogP contribution >= 0.6 is 0 Å². The zero-order valence-electron chi connectivity index (χ0n) is 12.5. The van der Waals surface area contributed by atoms with E-state index in [-0.39, 0.29) is 24.4 Å². The van der Waals surface area contributed by atoms with Crippen LogP contribution in [0.15, 0.2) is 24.3 Å². The van der Waals surface area contributed by atoms with E-state index in [9.17, 15) is 5.11 Å². The fourth-order valence-corrected chi connectivity index (χ4v) is 4.69. The first kappa shape index (κ1) is 12.9. The quantitative estimate of drug-likeness (QED) is 0.790. The summed E-state index contributed by atoms with van der Waals surface area (Å²) in [6.45, 7) is 1.83. The molecule has 4 aliphatic rings. The van der Waals surface area contributed by atoms with Gasteiger partial charge in [0.05, 0.1) is 17.6 Å². The van der Waals surface area contributed by atoms with Gasteiger partial charge in [0.25, 0.3) is 0 Å². The normalized spacial score (nSPS) is 40.5. The molecule has 0 radical (unpaired) electrons. The molecule has 3 heterocycles. The van der Waals surface area contributed by atoms with Crippen molar-refractivity contribution in [2.24, 2.45) is 0 Å². The highest BCUT2D eigenvalue weighted by Crippen LogP contribution is 2.53. The van der Waals surface area contributed by atoms with Gasteiger partial charge in [-0.15, -0.1) is 0 Å². The van der Waals surface area contributed by atoms with Crippen LogP contribution in [0.4, 0.5) is 0 Å². The Hall–Kier alpha value is -1.56. The fraction of sp³-hybridized carbons (Fsp3) is 0.529. The molecule has 0 aromatic heterocycles. The molecule has 2 bridgehead atoms. The summed E-state index contributed by atoms with van der Waals surface area (Å²) in [6.07, 6.45) is 4.91. The first-order chi connectivity index (χ1) is 10.7. The number of hydrogen-bond donors (Lipinski definition) is 1. The van der Waals surface area contributed by atoms with E-state index in [0.29, 0.717) is 6.54 Å². The highest BCUT2D eigenvalue weighted by atomic mass is 16.7. The molecule has 1 fully saturated rings. The first-order valence-electron chi connectivity index (χ1n) is 7.79. The number of nitrogens with zero attached hydrogens (tertiary/aromatic N) is 1. The molecule has 0 saturated carbocycles. The second kappa shape index (κ2) is 4.25.